The maximum absolute atomic E-state index is 13.8. The highest BCUT2D eigenvalue weighted by Gasteiger charge is 2.58. The van der Waals surface area contributed by atoms with Gasteiger partial charge in [-0.1, -0.05) is 61.4 Å². The van der Waals surface area contributed by atoms with E-state index < -0.39 is 6.23 Å². The molecule has 8 rings (SSSR count). The van der Waals surface area contributed by atoms with Crippen LogP contribution in [0, 0.1) is 40.4 Å². The quantitative estimate of drug-likeness (QED) is 0.229. The van der Waals surface area contributed by atoms with Gasteiger partial charge < -0.3 is 19.4 Å². The fraction of sp³-hybridized carbons (Fsp3) is 0.591. The monoisotopic (exact) mass is 708 g/mol. The normalized spacial score (nSPS) is 33.7. The van der Waals surface area contributed by atoms with Crippen molar-refractivity contribution in [3.8, 4) is 0 Å². The fourth-order valence-corrected chi connectivity index (χ4v) is 12.0. The molecular weight excluding hydrogens is 652 g/mol. The maximum atomic E-state index is 13.8. The highest BCUT2D eigenvalue weighted by atomic mass is 35.5. The number of ether oxygens (including phenoxy) is 1. The van der Waals surface area contributed by atoms with Crippen LogP contribution in [0.3, 0.4) is 0 Å². The highest BCUT2D eigenvalue weighted by molar-refractivity contribution is 6.31. The third kappa shape index (κ3) is 6.06. The van der Waals surface area contributed by atoms with E-state index in [1.807, 2.05) is 25.1 Å². The Bertz CT molecular complexity index is 1760. The third-order valence-corrected chi connectivity index (χ3v) is 14.8. The summed E-state index contributed by atoms with van der Waals surface area (Å²) in [7, 11) is 2.17. The molecule has 6 nitrogen and oxygen atoms in total. The number of carbonyl (C=O) groups is 1. The van der Waals surface area contributed by atoms with E-state index in [2.05, 4.69) is 79.4 Å². The Hall–Kier alpha value is -3.09. The van der Waals surface area contributed by atoms with Crippen LogP contribution in [0.4, 0.5) is 17.1 Å². The van der Waals surface area contributed by atoms with Crippen molar-refractivity contribution in [1.82, 2.24) is 9.80 Å². The van der Waals surface area contributed by atoms with E-state index in [1.54, 1.807) is 5.57 Å². The molecule has 2 aliphatic heterocycles. The van der Waals surface area contributed by atoms with E-state index in [0.29, 0.717) is 28.7 Å². The molecule has 8 unspecified atom stereocenters. The second kappa shape index (κ2) is 13.4. The number of allylic oxidation sites excluding steroid dienone is 3. The first-order chi connectivity index (χ1) is 24.5. The molecule has 2 aromatic carbocycles. The number of esters is 1. The van der Waals surface area contributed by atoms with Gasteiger partial charge in [0.25, 0.3) is 0 Å². The van der Waals surface area contributed by atoms with Gasteiger partial charge in [-0.2, -0.15) is 0 Å². The van der Waals surface area contributed by atoms with Crippen molar-refractivity contribution in [2.45, 2.75) is 91.7 Å². The number of fused-ring (bicyclic) bond motifs is 7. The summed E-state index contributed by atoms with van der Waals surface area (Å²) in [6, 6.07) is 14.2. The zero-order valence-corrected chi connectivity index (χ0v) is 32.2. The Balaban J connectivity index is 0.983. The van der Waals surface area contributed by atoms with Crippen LogP contribution in [0.1, 0.15) is 91.0 Å². The average molecular weight is 709 g/mol. The molecule has 2 heterocycles. The first kappa shape index (κ1) is 35.0. The van der Waals surface area contributed by atoms with Crippen LogP contribution in [0.25, 0.3) is 0 Å². The lowest BCUT2D eigenvalue weighted by Gasteiger charge is -2.58. The number of aliphatic imine (C=N–C) groups is 1. The molecule has 0 radical (unpaired) electrons. The number of piperazine rings is 1. The van der Waals surface area contributed by atoms with Crippen LogP contribution in [0.5, 0.6) is 0 Å². The predicted octanol–water partition coefficient (Wildman–Crippen LogP) is 10.2. The molecule has 3 saturated carbocycles. The number of benzene rings is 2. The SMILES string of the molecule is C=C(C)C1CCC2C3CC=C4CC(CC(=O)OC(C)N5c6ccc(Cl)cc6N=C(N6CCN(C)CC6)c6ccccc65)CCC4(C)C3CCC12C. The van der Waals surface area contributed by atoms with Gasteiger partial charge in [0.2, 0.25) is 0 Å². The zero-order valence-electron chi connectivity index (χ0n) is 31.5. The molecule has 0 N–H and O–H groups in total. The molecule has 1 saturated heterocycles. The molecule has 2 aromatic rings. The van der Waals surface area contributed by atoms with E-state index in [1.165, 1.54) is 44.1 Å². The van der Waals surface area contributed by atoms with Gasteiger partial charge >= 0.3 is 5.97 Å². The standard InChI is InChI=1S/C44H57ClN4O2/c1-28(2)35-14-15-36-33-13-11-31-25-30(17-19-43(31,4)37(33)18-20-44(35,36)5)26-41(50)51-29(3)49-39-10-8-7-9-34(39)42(48-23-21-47(6)22-24-48)46-38-27-32(45)12-16-40(38)49/h7-12,16,27,29-30,33,35-37H,1,13-15,17-26H2,2-6H3. The van der Waals surface area contributed by atoms with Crippen LogP contribution in [0.2, 0.25) is 5.02 Å². The van der Waals surface area contributed by atoms with Crippen LogP contribution >= 0.6 is 11.6 Å². The lowest BCUT2D eigenvalue weighted by atomic mass is 9.46. The smallest absolute Gasteiger partial charge is 0.308 e. The number of anilines is 2. The van der Waals surface area contributed by atoms with Crippen molar-refractivity contribution in [3.63, 3.8) is 0 Å². The summed E-state index contributed by atoms with van der Waals surface area (Å²) in [6.07, 6.45) is 12.4. The molecule has 0 aromatic heterocycles. The molecule has 4 fully saturated rings. The van der Waals surface area contributed by atoms with Crippen molar-refractivity contribution in [3.05, 3.63) is 76.9 Å². The number of carbonyl (C=O) groups excluding carboxylic acids is 1. The van der Waals surface area contributed by atoms with E-state index in [4.69, 9.17) is 21.3 Å². The van der Waals surface area contributed by atoms with E-state index in [9.17, 15) is 4.79 Å². The Morgan fingerprint density at radius 1 is 1.02 bits per heavy atom. The van der Waals surface area contributed by atoms with Gasteiger partial charge in [-0.05, 0) is 143 Å². The number of hydrogen-bond acceptors (Lipinski definition) is 6. The summed E-state index contributed by atoms with van der Waals surface area (Å²) in [6.45, 7) is 17.6. The van der Waals surface area contributed by atoms with E-state index in [-0.39, 0.29) is 11.4 Å². The number of rotatable bonds is 5. The average Bonchev–Trinajstić information content (AvgIpc) is 3.39. The summed E-state index contributed by atoms with van der Waals surface area (Å²) >= 11 is 6.56. The van der Waals surface area contributed by atoms with Gasteiger partial charge in [0.05, 0.1) is 17.1 Å². The first-order valence-corrected chi connectivity index (χ1v) is 20.1. The second-order valence-corrected chi connectivity index (χ2v) is 17.9. The lowest BCUT2D eigenvalue weighted by Crippen LogP contribution is -2.50. The molecule has 0 amide bonds. The molecule has 272 valence electrons. The van der Waals surface area contributed by atoms with E-state index >= 15 is 0 Å². The van der Waals surface area contributed by atoms with Crippen LogP contribution in [0.15, 0.2) is 71.3 Å². The van der Waals surface area contributed by atoms with Gasteiger partial charge in [-0.3, -0.25) is 4.79 Å². The van der Waals surface area contributed by atoms with Crippen molar-refractivity contribution < 1.29 is 9.53 Å². The minimum absolute atomic E-state index is 0.118. The highest BCUT2D eigenvalue weighted by Crippen LogP contribution is 2.67. The summed E-state index contributed by atoms with van der Waals surface area (Å²) in [5.41, 5.74) is 7.43. The summed E-state index contributed by atoms with van der Waals surface area (Å²) in [4.78, 5) is 26.0. The van der Waals surface area contributed by atoms with Crippen molar-refractivity contribution in [2.75, 3.05) is 38.1 Å². The van der Waals surface area contributed by atoms with Crippen LogP contribution < -0.4 is 4.90 Å². The van der Waals surface area contributed by atoms with Gasteiger partial charge in [-0.15, -0.1) is 0 Å². The van der Waals surface area contributed by atoms with Crippen molar-refractivity contribution in [1.29, 1.82) is 0 Å². The first-order valence-electron chi connectivity index (χ1n) is 19.7. The Morgan fingerprint density at radius 3 is 2.59 bits per heavy atom. The molecular formula is C44H57ClN4O2. The number of nitrogens with zero attached hydrogens (tertiary/aromatic N) is 4. The molecule has 7 heteroatoms. The van der Waals surface area contributed by atoms with Gasteiger partial charge in [0, 0.05) is 43.2 Å². The minimum atomic E-state index is -0.518. The summed E-state index contributed by atoms with van der Waals surface area (Å²) in [5, 5.41) is 0.639. The van der Waals surface area contributed by atoms with Crippen LogP contribution in [-0.2, 0) is 9.53 Å². The van der Waals surface area contributed by atoms with Crippen molar-refractivity contribution >= 4 is 40.5 Å². The van der Waals surface area contributed by atoms with E-state index in [0.717, 1.165) is 85.2 Å². The Labute approximate surface area is 311 Å². The predicted molar refractivity (Wildman–Crippen MR) is 209 cm³/mol. The minimum Gasteiger partial charge on any atom is -0.441 e. The molecule has 6 aliphatic rings. The van der Waals surface area contributed by atoms with Gasteiger partial charge in [0.15, 0.2) is 6.23 Å². The molecule has 4 aliphatic carbocycles. The zero-order chi connectivity index (χ0) is 35.7. The number of amidine groups is 1. The third-order valence-electron chi connectivity index (χ3n) is 14.6. The molecule has 51 heavy (non-hydrogen) atoms. The summed E-state index contributed by atoms with van der Waals surface area (Å²) < 4.78 is 6.38. The summed E-state index contributed by atoms with van der Waals surface area (Å²) in [5.74, 6) is 4.21. The maximum Gasteiger partial charge on any atom is 0.308 e. The topological polar surface area (TPSA) is 48.4 Å². The Morgan fingerprint density at radius 2 is 1.80 bits per heavy atom. The van der Waals surface area contributed by atoms with Gasteiger partial charge in [0.1, 0.15) is 5.84 Å². The number of likely N-dealkylation sites (N-methyl/N-ethyl adjacent to an activating group) is 1. The number of para-hydroxylation sites is 1. The lowest BCUT2D eigenvalue weighted by molar-refractivity contribution is -0.149. The Kier molecular flexibility index (Phi) is 9.18. The molecule has 8 atom stereocenters. The second-order valence-electron chi connectivity index (χ2n) is 17.4. The molecule has 0 bridgehead atoms. The number of halogens is 1. The van der Waals surface area contributed by atoms with Gasteiger partial charge in [-0.25, -0.2) is 4.99 Å². The van der Waals surface area contributed by atoms with Crippen molar-refractivity contribution in [2.24, 2.45) is 45.4 Å². The van der Waals surface area contributed by atoms with Crippen LogP contribution in [-0.4, -0.2) is 61.1 Å². The largest absolute Gasteiger partial charge is 0.441 e. The fourth-order valence-electron chi connectivity index (χ4n) is 11.9. The number of hydrogen-bond donors (Lipinski definition) is 0. The molecule has 0 spiro atoms.